The molecule has 168 valence electrons. The third-order valence-electron chi connectivity index (χ3n) is 4.76. The Bertz CT molecular complexity index is 1510. The van der Waals surface area contributed by atoms with Gasteiger partial charge in [-0.05, 0) is 31.2 Å². The van der Waals surface area contributed by atoms with Crippen LogP contribution in [0.4, 0.5) is 19.1 Å². The number of aromatic hydroxyl groups is 1. The van der Waals surface area contributed by atoms with Crippen LogP contribution in [0.3, 0.4) is 0 Å². The number of aromatic nitrogens is 4. The summed E-state index contributed by atoms with van der Waals surface area (Å²) in [5, 5.41) is 22.6. The average molecular weight is 456 g/mol. The standard InChI is InChI=1S/C21H15F3N6O3/c1-11-17(31)26-20(29-27-11)28-25-10-16-14-7-2-3-8-15(14)18(32)30(19(16)33)13-6-4-5-12(9-13)21(22,23)24/h2-10,33H,1H3,(H2,26,28,29,31)/b25-10-. The summed E-state index contributed by atoms with van der Waals surface area (Å²) in [6.45, 7) is 1.47. The number of fused-ring (bicyclic) bond motifs is 1. The van der Waals surface area contributed by atoms with Crippen molar-refractivity contribution in [3.8, 4) is 11.6 Å². The number of nitrogens with zero attached hydrogens (tertiary/aromatic N) is 4. The summed E-state index contributed by atoms with van der Waals surface area (Å²) in [6, 6.07) is 10.3. The number of anilines is 1. The molecular formula is C21H15F3N6O3. The largest absolute Gasteiger partial charge is 0.494 e. The fourth-order valence-corrected chi connectivity index (χ4v) is 3.15. The molecule has 0 amide bonds. The van der Waals surface area contributed by atoms with Crippen LogP contribution >= 0.6 is 0 Å². The topological polar surface area (TPSA) is 125 Å². The van der Waals surface area contributed by atoms with Crippen LogP contribution in [0.5, 0.6) is 5.88 Å². The first-order chi connectivity index (χ1) is 15.7. The monoisotopic (exact) mass is 456 g/mol. The van der Waals surface area contributed by atoms with Crippen molar-refractivity contribution in [2.45, 2.75) is 13.1 Å². The van der Waals surface area contributed by atoms with Gasteiger partial charge in [-0.1, -0.05) is 24.3 Å². The van der Waals surface area contributed by atoms with Gasteiger partial charge < -0.3 is 5.11 Å². The van der Waals surface area contributed by atoms with Crippen molar-refractivity contribution < 1.29 is 18.3 Å². The zero-order valence-electron chi connectivity index (χ0n) is 16.9. The highest BCUT2D eigenvalue weighted by Crippen LogP contribution is 2.32. The number of hydrazone groups is 1. The maximum absolute atomic E-state index is 13.2. The fourth-order valence-electron chi connectivity index (χ4n) is 3.15. The molecule has 2 heterocycles. The summed E-state index contributed by atoms with van der Waals surface area (Å²) in [6.07, 6.45) is -3.48. The number of halogens is 3. The Balaban J connectivity index is 1.86. The third kappa shape index (κ3) is 4.18. The number of hydrogen-bond acceptors (Lipinski definition) is 7. The van der Waals surface area contributed by atoms with E-state index in [1.165, 1.54) is 19.1 Å². The molecule has 33 heavy (non-hydrogen) atoms. The molecule has 0 spiro atoms. The van der Waals surface area contributed by atoms with Gasteiger partial charge in [0, 0.05) is 10.8 Å². The Morgan fingerprint density at radius 2 is 1.82 bits per heavy atom. The highest BCUT2D eigenvalue weighted by atomic mass is 19.4. The molecule has 0 saturated heterocycles. The molecule has 0 fully saturated rings. The van der Waals surface area contributed by atoms with E-state index in [0.717, 1.165) is 29.0 Å². The van der Waals surface area contributed by atoms with E-state index in [1.54, 1.807) is 18.2 Å². The lowest BCUT2D eigenvalue weighted by molar-refractivity contribution is -0.137. The number of H-pyrrole nitrogens is 1. The Morgan fingerprint density at radius 3 is 2.52 bits per heavy atom. The maximum Gasteiger partial charge on any atom is 0.416 e. The molecule has 2 aromatic heterocycles. The van der Waals surface area contributed by atoms with Crippen molar-refractivity contribution in [1.82, 2.24) is 19.7 Å². The molecule has 4 rings (SSSR count). The number of pyridine rings is 1. The molecule has 0 bridgehead atoms. The van der Waals surface area contributed by atoms with Gasteiger partial charge in [0.1, 0.15) is 5.69 Å². The molecule has 0 aliphatic carbocycles. The van der Waals surface area contributed by atoms with E-state index in [2.05, 4.69) is 25.7 Å². The molecule has 4 aromatic rings. The molecule has 12 heteroatoms. The quantitative estimate of drug-likeness (QED) is 0.320. The molecule has 0 saturated carbocycles. The fraction of sp³-hybridized carbons (Fsp3) is 0.0952. The molecule has 9 nitrogen and oxygen atoms in total. The van der Waals surface area contributed by atoms with Crippen LogP contribution < -0.4 is 16.5 Å². The number of aryl methyl sites for hydroxylation is 1. The zero-order valence-corrected chi connectivity index (χ0v) is 16.9. The summed E-state index contributed by atoms with van der Waals surface area (Å²) in [4.78, 5) is 27.1. The van der Waals surface area contributed by atoms with Crippen molar-refractivity contribution in [1.29, 1.82) is 0 Å². The van der Waals surface area contributed by atoms with E-state index in [4.69, 9.17) is 0 Å². The molecular weight excluding hydrogens is 441 g/mol. The SMILES string of the molecule is Cc1nnc(N/N=C\c2c(O)n(-c3cccc(C(F)(F)F)c3)c(=O)c3ccccc23)[nH]c1=O. The highest BCUT2D eigenvalue weighted by Gasteiger charge is 2.31. The lowest BCUT2D eigenvalue weighted by atomic mass is 10.1. The smallest absolute Gasteiger partial charge is 0.416 e. The average Bonchev–Trinajstić information content (AvgIpc) is 2.78. The maximum atomic E-state index is 13.2. The van der Waals surface area contributed by atoms with Crippen molar-refractivity contribution in [2.75, 3.05) is 5.43 Å². The first-order valence-corrected chi connectivity index (χ1v) is 9.44. The van der Waals surface area contributed by atoms with Crippen molar-refractivity contribution >= 4 is 22.9 Å². The van der Waals surface area contributed by atoms with E-state index < -0.39 is 28.7 Å². The predicted molar refractivity (Wildman–Crippen MR) is 115 cm³/mol. The van der Waals surface area contributed by atoms with Gasteiger partial charge in [0.2, 0.25) is 11.8 Å². The van der Waals surface area contributed by atoms with Crippen LogP contribution in [0.1, 0.15) is 16.8 Å². The second-order valence-electron chi connectivity index (χ2n) is 6.93. The number of benzene rings is 2. The Hall–Kier alpha value is -4.48. The first kappa shape index (κ1) is 21.7. The zero-order chi connectivity index (χ0) is 23.8. The van der Waals surface area contributed by atoms with Crippen LogP contribution in [0.2, 0.25) is 0 Å². The summed E-state index contributed by atoms with van der Waals surface area (Å²) in [5.41, 5.74) is 0.326. The number of rotatable bonds is 4. The third-order valence-corrected chi connectivity index (χ3v) is 4.76. The number of hydrogen-bond donors (Lipinski definition) is 3. The van der Waals surface area contributed by atoms with Gasteiger partial charge in [-0.3, -0.25) is 14.6 Å². The first-order valence-electron chi connectivity index (χ1n) is 9.44. The Kier molecular flexibility index (Phi) is 5.42. The van der Waals surface area contributed by atoms with Gasteiger partial charge in [0.05, 0.1) is 23.0 Å². The van der Waals surface area contributed by atoms with Crippen LogP contribution in [0.15, 0.2) is 63.2 Å². The lowest BCUT2D eigenvalue weighted by Crippen LogP contribution is -2.21. The molecule has 0 atom stereocenters. The van der Waals surface area contributed by atoms with E-state index >= 15 is 0 Å². The Morgan fingerprint density at radius 1 is 1.09 bits per heavy atom. The predicted octanol–water partition coefficient (Wildman–Crippen LogP) is 2.95. The van der Waals surface area contributed by atoms with E-state index in [1.807, 2.05) is 0 Å². The van der Waals surface area contributed by atoms with Crippen LogP contribution in [-0.2, 0) is 6.18 Å². The summed E-state index contributed by atoms with van der Waals surface area (Å²) < 4.78 is 40.3. The van der Waals surface area contributed by atoms with Gasteiger partial charge in [-0.15, -0.1) is 10.2 Å². The Labute approximate surface area is 182 Å². The van der Waals surface area contributed by atoms with Gasteiger partial charge in [-0.25, -0.2) is 9.99 Å². The summed E-state index contributed by atoms with van der Waals surface area (Å²) in [7, 11) is 0. The molecule has 0 unspecified atom stereocenters. The second kappa shape index (κ2) is 8.22. The van der Waals surface area contributed by atoms with E-state index in [0.29, 0.717) is 5.39 Å². The minimum absolute atomic E-state index is 0.0533. The minimum Gasteiger partial charge on any atom is -0.494 e. The minimum atomic E-state index is -4.63. The van der Waals surface area contributed by atoms with Crippen molar-refractivity contribution in [2.24, 2.45) is 5.10 Å². The molecule has 0 aliphatic rings. The van der Waals surface area contributed by atoms with Crippen LogP contribution in [0.25, 0.3) is 16.5 Å². The van der Waals surface area contributed by atoms with Gasteiger partial charge in [-0.2, -0.15) is 18.3 Å². The number of alkyl halides is 3. The highest BCUT2D eigenvalue weighted by molar-refractivity contribution is 6.01. The second-order valence-corrected chi connectivity index (χ2v) is 6.93. The van der Waals surface area contributed by atoms with Gasteiger partial charge in [0.15, 0.2) is 0 Å². The van der Waals surface area contributed by atoms with E-state index in [-0.39, 0.29) is 28.3 Å². The number of aromatic amines is 1. The molecule has 0 aliphatic heterocycles. The van der Waals surface area contributed by atoms with Crippen LogP contribution in [-0.4, -0.2) is 31.1 Å². The van der Waals surface area contributed by atoms with Gasteiger partial charge in [0.25, 0.3) is 11.1 Å². The normalized spacial score (nSPS) is 11.9. The lowest BCUT2D eigenvalue weighted by Gasteiger charge is -2.15. The van der Waals surface area contributed by atoms with E-state index in [9.17, 15) is 27.9 Å². The number of nitrogens with one attached hydrogen (secondary N) is 2. The van der Waals surface area contributed by atoms with Crippen LogP contribution in [0, 0.1) is 6.92 Å². The summed E-state index contributed by atoms with van der Waals surface area (Å²) in [5.74, 6) is -0.691. The van der Waals surface area contributed by atoms with Crippen molar-refractivity contribution in [3.63, 3.8) is 0 Å². The molecule has 3 N–H and O–H groups in total. The molecule has 0 radical (unpaired) electrons. The molecule has 2 aromatic carbocycles. The van der Waals surface area contributed by atoms with Gasteiger partial charge >= 0.3 is 6.18 Å². The van der Waals surface area contributed by atoms with Crippen molar-refractivity contribution in [3.05, 3.63) is 86.1 Å². The summed E-state index contributed by atoms with van der Waals surface area (Å²) >= 11 is 0.